The van der Waals surface area contributed by atoms with Crippen LogP contribution < -0.4 is 5.32 Å². The molecule has 0 radical (unpaired) electrons. The maximum absolute atomic E-state index is 4.29. The molecule has 3 aliphatic heterocycles. The first-order valence-electron chi connectivity index (χ1n) is 5.24. The highest BCUT2D eigenvalue weighted by Crippen LogP contribution is 2.33. The molecular formula is C10H14N4S. The molecule has 0 saturated carbocycles. The number of thioether (sulfide) groups is 1. The van der Waals surface area contributed by atoms with E-state index >= 15 is 0 Å². The van der Waals surface area contributed by atoms with Crippen LogP contribution in [-0.4, -0.2) is 47.9 Å². The van der Waals surface area contributed by atoms with Gasteiger partial charge in [-0.15, -0.1) is 11.8 Å². The van der Waals surface area contributed by atoms with Crippen LogP contribution in [0.1, 0.15) is 0 Å². The molecule has 4 nitrogen and oxygen atoms in total. The summed E-state index contributed by atoms with van der Waals surface area (Å²) in [6, 6.07) is 0. The predicted octanol–water partition coefficient (Wildman–Crippen LogP) is 0.621. The number of hydrogen-bond donors (Lipinski definition) is 1. The Labute approximate surface area is 93.7 Å². The van der Waals surface area contributed by atoms with Gasteiger partial charge in [-0.1, -0.05) is 0 Å². The van der Waals surface area contributed by atoms with Gasteiger partial charge in [0.15, 0.2) is 0 Å². The molecule has 0 bridgehead atoms. The van der Waals surface area contributed by atoms with Crippen molar-refractivity contribution in [3.8, 4) is 0 Å². The Morgan fingerprint density at radius 2 is 2.27 bits per heavy atom. The number of hydrogen-bond acceptors (Lipinski definition) is 5. The largest absolute Gasteiger partial charge is 0.314 e. The first-order valence-corrected chi connectivity index (χ1v) is 6.19. The minimum Gasteiger partial charge on any atom is -0.314 e. The van der Waals surface area contributed by atoms with E-state index < -0.39 is 0 Å². The van der Waals surface area contributed by atoms with Crippen molar-refractivity contribution >= 4 is 18.1 Å². The molecule has 1 N–H and O–H groups in total. The molecule has 80 valence electrons. The van der Waals surface area contributed by atoms with Gasteiger partial charge >= 0.3 is 0 Å². The molecule has 1 fully saturated rings. The monoisotopic (exact) mass is 222 g/mol. The molecule has 1 atom stereocenters. The van der Waals surface area contributed by atoms with Crippen molar-refractivity contribution in [1.82, 2.24) is 15.3 Å². The summed E-state index contributed by atoms with van der Waals surface area (Å²) in [5, 5.41) is 10.6. The van der Waals surface area contributed by atoms with Gasteiger partial charge in [0.1, 0.15) is 11.7 Å². The van der Waals surface area contributed by atoms with E-state index in [1.165, 1.54) is 5.57 Å². The average Bonchev–Trinajstić information content (AvgIpc) is 2.78. The van der Waals surface area contributed by atoms with E-state index in [1.54, 1.807) is 0 Å². The summed E-state index contributed by atoms with van der Waals surface area (Å²) in [6.07, 6.45) is 6.06. The first-order chi connectivity index (χ1) is 7.45. The normalized spacial score (nSPS) is 30.5. The van der Waals surface area contributed by atoms with Crippen LogP contribution in [0, 0.1) is 0 Å². The Hall–Kier alpha value is -0.780. The van der Waals surface area contributed by atoms with Crippen molar-refractivity contribution < 1.29 is 0 Å². The molecular weight excluding hydrogens is 208 g/mol. The van der Waals surface area contributed by atoms with E-state index in [9.17, 15) is 0 Å². The average molecular weight is 222 g/mol. The van der Waals surface area contributed by atoms with Crippen molar-refractivity contribution in [2.24, 2.45) is 4.99 Å². The van der Waals surface area contributed by atoms with Crippen molar-refractivity contribution in [1.29, 1.82) is 0 Å². The molecule has 3 aliphatic rings. The first kappa shape index (κ1) is 9.45. The zero-order valence-electron chi connectivity index (χ0n) is 8.47. The minimum atomic E-state index is 0.417. The SMILES string of the molecule is C1=CC2=CN=CN(N3CCNCC3)C2S1. The van der Waals surface area contributed by atoms with Crippen LogP contribution in [0.5, 0.6) is 0 Å². The maximum Gasteiger partial charge on any atom is 0.122 e. The van der Waals surface area contributed by atoms with Crippen molar-refractivity contribution in [2.45, 2.75) is 5.37 Å². The van der Waals surface area contributed by atoms with Crippen LogP contribution in [0.4, 0.5) is 0 Å². The van der Waals surface area contributed by atoms with Gasteiger partial charge in [-0.25, -0.2) is 10.0 Å². The number of rotatable bonds is 1. The highest BCUT2D eigenvalue weighted by atomic mass is 32.2. The van der Waals surface area contributed by atoms with Gasteiger partial charge < -0.3 is 5.32 Å². The fourth-order valence-corrected chi connectivity index (χ4v) is 3.02. The number of piperazine rings is 1. The smallest absolute Gasteiger partial charge is 0.122 e. The Morgan fingerprint density at radius 3 is 3.13 bits per heavy atom. The van der Waals surface area contributed by atoms with E-state index in [0.29, 0.717) is 5.37 Å². The van der Waals surface area contributed by atoms with Crippen LogP contribution in [0.15, 0.2) is 28.2 Å². The molecule has 0 amide bonds. The van der Waals surface area contributed by atoms with Crippen molar-refractivity contribution in [3.05, 3.63) is 23.3 Å². The highest BCUT2D eigenvalue weighted by molar-refractivity contribution is 8.03. The van der Waals surface area contributed by atoms with E-state index in [2.05, 4.69) is 31.8 Å². The number of nitrogens with one attached hydrogen (secondary N) is 1. The zero-order valence-corrected chi connectivity index (χ0v) is 9.28. The van der Waals surface area contributed by atoms with Gasteiger partial charge in [-0.05, 0) is 11.5 Å². The molecule has 0 aromatic heterocycles. The standard InChI is InChI=1S/C10H14N4S/c1-6-15-10-9(1)7-12-8-14(10)13-4-2-11-3-5-13/h1,6-8,10-11H,2-5H2. The quantitative estimate of drug-likeness (QED) is 0.704. The molecule has 0 aromatic rings. The fraction of sp³-hybridized carbons (Fsp3) is 0.500. The third-order valence-corrected chi connectivity index (χ3v) is 3.86. The van der Waals surface area contributed by atoms with Gasteiger partial charge in [0.25, 0.3) is 0 Å². The molecule has 5 heteroatoms. The van der Waals surface area contributed by atoms with E-state index in [0.717, 1.165) is 26.2 Å². The Bertz CT molecular complexity index is 330. The zero-order chi connectivity index (χ0) is 10.1. The lowest BCUT2D eigenvalue weighted by molar-refractivity contribution is 0.0361. The minimum absolute atomic E-state index is 0.417. The lowest BCUT2D eigenvalue weighted by Gasteiger charge is -2.40. The van der Waals surface area contributed by atoms with Crippen LogP contribution in [0.25, 0.3) is 0 Å². The van der Waals surface area contributed by atoms with E-state index in [4.69, 9.17) is 0 Å². The third kappa shape index (κ3) is 1.71. The molecule has 0 aliphatic carbocycles. The summed E-state index contributed by atoms with van der Waals surface area (Å²) in [5.74, 6) is 0. The van der Waals surface area contributed by atoms with Crippen LogP contribution in [0.2, 0.25) is 0 Å². The Kier molecular flexibility index (Phi) is 2.52. The molecule has 0 spiro atoms. The number of nitrogens with zero attached hydrogens (tertiary/aromatic N) is 3. The van der Waals surface area contributed by atoms with Crippen molar-refractivity contribution in [3.63, 3.8) is 0 Å². The van der Waals surface area contributed by atoms with Gasteiger partial charge in [-0.2, -0.15) is 0 Å². The second-order valence-corrected chi connectivity index (χ2v) is 4.76. The summed E-state index contributed by atoms with van der Waals surface area (Å²) >= 11 is 1.85. The molecule has 0 aromatic carbocycles. The Balaban J connectivity index is 1.76. The topological polar surface area (TPSA) is 30.9 Å². The molecule has 15 heavy (non-hydrogen) atoms. The number of fused-ring (bicyclic) bond motifs is 1. The van der Waals surface area contributed by atoms with Crippen LogP contribution in [0.3, 0.4) is 0 Å². The second kappa shape index (κ2) is 4.00. The van der Waals surface area contributed by atoms with E-state index in [1.807, 2.05) is 24.3 Å². The van der Waals surface area contributed by atoms with Gasteiger partial charge in [0, 0.05) is 38.0 Å². The van der Waals surface area contributed by atoms with Crippen LogP contribution >= 0.6 is 11.8 Å². The van der Waals surface area contributed by atoms with Gasteiger partial charge in [0.2, 0.25) is 0 Å². The Morgan fingerprint density at radius 1 is 1.40 bits per heavy atom. The second-order valence-electron chi connectivity index (χ2n) is 3.77. The fourth-order valence-electron chi connectivity index (χ4n) is 2.03. The van der Waals surface area contributed by atoms with Gasteiger partial charge in [0.05, 0.1) is 0 Å². The summed E-state index contributed by atoms with van der Waals surface area (Å²) in [5.41, 5.74) is 1.31. The predicted molar refractivity (Wildman–Crippen MR) is 63.4 cm³/mol. The lowest BCUT2D eigenvalue weighted by atomic mass is 10.2. The summed E-state index contributed by atoms with van der Waals surface area (Å²) in [7, 11) is 0. The maximum atomic E-state index is 4.29. The molecule has 1 saturated heterocycles. The third-order valence-electron chi connectivity index (χ3n) is 2.82. The molecule has 3 heterocycles. The highest BCUT2D eigenvalue weighted by Gasteiger charge is 2.29. The lowest BCUT2D eigenvalue weighted by Crippen LogP contribution is -2.55. The summed E-state index contributed by atoms with van der Waals surface area (Å²) in [4.78, 5) is 4.29. The summed E-state index contributed by atoms with van der Waals surface area (Å²) < 4.78 is 0. The number of hydrazine groups is 1. The summed E-state index contributed by atoms with van der Waals surface area (Å²) in [6.45, 7) is 4.26. The number of aliphatic imine (C=N–C) groups is 1. The van der Waals surface area contributed by atoms with E-state index in [-0.39, 0.29) is 0 Å². The molecule has 1 unspecified atom stereocenters. The van der Waals surface area contributed by atoms with Crippen LogP contribution in [-0.2, 0) is 0 Å². The molecule has 3 rings (SSSR count). The van der Waals surface area contributed by atoms with Crippen molar-refractivity contribution in [2.75, 3.05) is 26.2 Å². The van der Waals surface area contributed by atoms with Gasteiger partial charge in [-0.3, -0.25) is 5.01 Å².